The number of nitrogens with zero attached hydrogens (tertiary/aromatic N) is 2. The zero-order chi connectivity index (χ0) is 18.2. The van der Waals surface area contributed by atoms with Crippen LogP contribution in [-0.2, 0) is 11.3 Å². The highest BCUT2D eigenvalue weighted by Crippen LogP contribution is 2.40. The molecule has 0 aromatic heterocycles. The van der Waals surface area contributed by atoms with Crippen molar-refractivity contribution in [1.82, 2.24) is 9.80 Å². The highest BCUT2D eigenvalue weighted by molar-refractivity contribution is 6.31. The number of carbonyl (C=O) groups is 1. The Bertz CT molecular complexity index is 614. The number of carbonyl (C=O) groups excluding carboxylic acids is 1. The van der Waals surface area contributed by atoms with Crippen molar-refractivity contribution in [1.29, 1.82) is 0 Å². The van der Waals surface area contributed by atoms with E-state index in [2.05, 4.69) is 18.0 Å². The molecule has 1 aromatic rings. The van der Waals surface area contributed by atoms with E-state index in [-0.39, 0.29) is 6.09 Å². The van der Waals surface area contributed by atoms with E-state index in [1.807, 2.05) is 43.9 Å². The summed E-state index contributed by atoms with van der Waals surface area (Å²) in [6.07, 6.45) is 2.12. The molecule has 0 spiro atoms. The molecule has 1 aromatic carbocycles. The van der Waals surface area contributed by atoms with Gasteiger partial charge in [-0.15, -0.1) is 0 Å². The number of benzene rings is 1. The van der Waals surface area contributed by atoms with E-state index < -0.39 is 5.60 Å². The van der Waals surface area contributed by atoms with Crippen molar-refractivity contribution in [3.8, 4) is 0 Å². The average Bonchev–Trinajstić information content (AvgIpc) is 3.06. The molecule has 1 heterocycles. The van der Waals surface area contributed by atoms with Gasteiger partial charge in [0.1, 0.15) is 5.60 Å². The largest absolute Gasteiger partial charge is 0.444 e. The standard InChI is InChI=1S/C20H29ClN2O2/c1-20(2,3)25-19(24)23-12-15-9-17(10-16(15)13-23)22(4)11-14-7-5-6-8-18(14)21/h5-8,15-17H,9-13H2,1-4H3/t15-,16?,17?/m1/s1. The zero-order valence-corrected chi connectivity index (χ0v) is 16.4. The van der Waals surface area contributed by atoms with Crippen molar-refractivity contribution >= 4 is 17.7 Å². The fourth-order valence-corrected chi connectivity index (χ4v) is 4.32. The lowest BCUT2D eigenvalue weighted by Crippen LogP contribution is -2.37. The van der Waals surface area contributed by atoms with Crippen molar-refractivity contribution in [3.05, 3.63) is 34.9 Å². The van der Waals surface area contributed by atoms with E-state index in [1.165, 1.54) is 5.56 Å². The van der Waals surface area contributed by atoms with Gasteiger partial charge in [-0.1, -0.05) is 29.8 Å². The number of hydrogen-bond acceptors (Lipinski definition) is 3. The fourth-order valence-electron chi connectivity index (χ4n) is 4.13. The third-order valence-corrected chi connectivity index (χ3v) is 5.75. The summed E-state index contributed by atoms with van der Waals surface area (Å²) in [7, 11) is 2.18. The average molecular weight is 365 g/mol. The molecule has 1 aliphatic carbocycles. The van der Waals surface area contributed by atoms with Gasteiger partial charge in [-0.3, -0.25) is 4.90 Å². The van der Waals surface area contributed by atoms with Gasteiger partial charge in [-0.05, 0) is 64.1 Å². The van der Waals surface area contributed by atoms with E-state index in [4.69, 9.17) is 16.3 Å². The second-order valence-corrected chi connectivity index (χ2v) is 8.94. The fraction of sp³-hybridized carbons (Fsp3) is 0.650. The summed E-state index contributed by atoms with van der Waals surface area (Å²) >= 11 is 6.29. The third-order valence-electron chi connectivity index (χ3n) is 5.38. The molecule has 0 bridgehead atoms. The topological polar surface area (TPSA) is 32.8 Å². The van der Waals surface area contributed by atoms with Crippen LogP contribution < -0.4 is 0 Å². The molecule has 2 fully saturated rings. The Morgan fingerprint density at radius 2 is 1.84 bits per heavy atom. The van der Waals surface area contributed by atoms with Crippen LogP contribution in [0.5, 0.6) is 0 Å². The second kappa shape index (κ2) is 7.16. The van der Waals surface area contributed by atoms with Gasteiger partial charge in [-0.2, -0.15) is 0 Å². The minimum atomic E-state index is -0.424. The Kier molecular flexibility index (Phi) is 5.31. The van der Waals surface area contributed by atoms with Gasteiger partial charge in [0, 0.05) is 30.7 Å². The van der Waals surface area contributed by atoms with Gasteiger partial charge in [0.15, 0.2) is 0 Å². The normalized spacial score (nSPS) is 26.2. The van der Waals surface area contributed by atoms with Crippen molar-refractivity contribution in [2.45, 2.75) is 51.8 Å². The highest BCUT2D eigenvalue weighted by atomic mass is 35.5. The van der Waals surface area contributed by atoms with Gasteiger partial charge in [0.05, 0.1) is 0 Å². The first-order valence-electron chi connectivity index (χ1n) is 9.14. The lowest BCUT2D eigenvalue weighted by Gasteiger charge is -2.28. The predicted molar refractivity (Wildman–Crippen MR) is 101 cm³/mol. The Hall–Kier alpha value is -1.26. The molecular formula is C20H29ClN2O2. The molecule has 3 atom stereocenters. The number of amides is 1. The maximum absolute atomic E-state index is 12.3. The molecule has 3 rings (SSSR count). The van der Waals surface area contributed by atoms with E-state index >= 15 is 0 Å². The summed E-state index contributed by atoms with van der Waals surface area (Å²) in [4.78, 5) is 16.6. The third kappa shape index (κ3) is 4.48. The van der Waals surface area contributed by atoms with Gasteiger partial charge in [0.2, 0.25) is 0 Å². The van der Waals surface area contributed by atoms with Gasteiger partial charge >= 0.3 is 6.09 Å². The van der Waals surface area contributed by atoms with E-state index in [9.17, 15) is 4.79 Å². The molecule has 0 radical (unpaired) electrons. The first kappa shape index (κ1) is 18.5. The molecular weight excluding hydrogens is 336 g/mol. The molecule has 25 heavy (non-hydrogen) atoms. The summed E-state index contributed by atoms with van der Waals surface area (Å²) < 4.78 is 5.52. The number of rotatable bonds is 3. The number of hydrogen-bond donors (Lipinski definition) is 0. The van der Waals surface area contributed by atoms with Crippen LogP contribution in [0.3, 0.4) is 0 Å². The van der Waals surface area contributed by atoms with E-state index in [1.54, 1.807) is 0 Å². The van der Waals surface area contributed by atoms with Crippen molar-refractivity contribution in [2.75, 3.05) is 20.1 Å². The first-order chi connectivity index (χ1) is 11.7. The van der Waals surface area contributed by atoms with Crippen LogP contribution in [0.25, 0.3) is 0 Å². The van der Waals surface area contributed by atoms with E-state index in [0.717, 1.165) is 37.5 Å². The van der Waals surface area contributed by atoms with Crippen LogP contribution in [0.4, 0.5) is 4.79 Å². The van der Waals surface area contributed by atoms with Crippen LogP contribution in [0.15, 0.2) is 24.3 Å². The van der Waals surface area contributed by atoms with Gasteiger partial charge < -0.3 is 9.64 Å². The maximum atomic E-state index is 12.3. The summed E-state index contributed by atoms with van der Waals surface area (Å²) in [5, 5.41) is 0.837. The van der Waals surface area contributed by atoms with Crippen LogP contribution in [0.1, 0.15) is 39.2 Å². The Morgan fingerprint density at radius 3 is 2.40 bits per heavy atom. The second-order valence-electron chi connectivity index (χ2n) is 8.54. The molecule has 5 heteroatoms. The number of ether oxygens (including phenoxy) is 1. The molecule has 2 unspecified atom stereocenters. The summed E-state index contributed by atoms with van der Waals surface area (Å²) in [6, 6.07) is 8.62. The van der Waals surface area contributed by atoms with Crippen molar-refractivity contribution in [2.24, 2.45) is 11.8 Å². The van der Waals surface area contributed by atoms with Crippen LogP contribution >= 0.6 is 11.6 Å². The lowest BCUT2D eigenvalue weighted by molar-refractivity contribution is 0.0275. The minimum Gasteiger partial charge on any atom is -0.444 e. The predicted octanol–water partition coefficient (Wildman–Crippen LogP) is 4.42. The SMILES string of the molecule is CN(Cc1ccccc1Cl)C1CC2CN(C(=O)OC(C)(C)C)C[C@H]2C1. The van der Waals surface area contributed by atoms with Gasteiger partial charge in [-0.25, -0.2) is 4.79 Å². The number of fused-ring (bicyclic) bond motifs is 1. The van der Waals surface area contributed by atoms with Crippen molar-refractivity contribution < 1.29 is 9.53 Å². The molecule has 138 valence electrons. The number of likely N-dealkylation sites (tertiary alicyclic amines) is 1. The molecule has 4 nitrogen and oxygen atoms in total. The summed E-state index contributed by atoms with van der Waals surface area (Å²) in [6.45, 7) is 8.29. The molecule has 1 saturated carbocycles. The maximum Gasteiger partial charge on any atom is 0.410 e. The van der Waals surface area contributed by atoms with Crippen LogP contribution in [0.2, 0.25) is 5.02 Å². The van der Waals surface area contributed by atoms with Gasteiger partial charge in [0.25, 0.3) is 0 Å². The number of halogens is 1. The molecule has 1 amide bonds. The molecule has 1 aliphatic heterocycles. The van der Waals surface area contributed by atoms with Crippen molar-refractivity contribution in [3.63, 3.8) is 0 Å². The molecule has 0 N–H and O–H groups in total. The lowest BCUT2D eigenvalue weighted by atomic mass is 10.0. The van der Waals surface area contributed by atoms with Crippen LogP contribution in [-0.4, -0.2) is 47.7 Å². The molecule has 2 aliphatic rings. The quantitative estimate of drug-likeness (QED) is 0.796. The minimum absolute atomic E-state index is 0.164. The Balaban J connectivity index is 1.53. The Morgan fingerprint density at radius 1 is 1.24 bits per heavy atom. The summed E-state index contributed by atoms with van der Waals surface area (Å²) in [5.74, 6) is 1.18. The zero-order valence-electron chi connectivity index (χ0n) is 15.7. The van der Waals surface area contributed by atoms with E-state index in [0.29, 0.717) is 17.9 Å². The molecule has 1 saturated heterocycles. The van der Waals surface area contributed by atoms with Crippen LogP contribution in [0, 0.1) is 11.8 Å². The summed E-state index contributed by atoms with van der Waals surface area (Å²) in [5.41, 5.74) is 0.756. The Labute approximate surface area is 156 Å². The smallest absolute Gasteiger partial charge is 0.410 e. The monoisotopic (exact) mass is 364 g/mol. The highest BCUT2D eigenvalue weighted by Gasteiger charge is 2.44. The first-order valence-corrected chi connectivity index (χ1v) is 9.52.